The van der Waals surface area contributed by atoms with E-state index in [-0.39, 0.29) is 28.6 Å². The number of nitrogens with zero attached hydrogens (tertiary/aromatic N) is 1. The minimum Gasteiger partial charge on any atom is -1.00 e. The summed E-state index contributed by atoms with van der Waals surface area (Å²) in [7, 11) is 0. The number of halogens is 1. The Balaban J connectivity index is 0.00000392. The summed E-state index contributed by atoms with van der Waals surface area (Å²) in [5.41, 5.74) is 5.41. The van der Waals surface area contributed by atoms with E-state index in [0.29, 0.717) is 16.9 Å². The van der Waals surface area contributed by atoms with Crippen LogP contribution in [0.2, 0.25) is 0 Å². The second-order valence-electron chi connectivity index (χ2n) is 6.04. The second kappa shape index (κ2) is 13.1. The molecular weight excluding hydrogens is 442 g/mol. The van der Waals surface area contributed by atoms with Gasteiger partial charge in [0.05, 0.1) is 12.1 Å². The first kappa shape index (κ1) is 23.8. The zero-order chi connectivity index (χ0) is 19.5. The third-order valence-corrected chi connectivity index (χ3v) is 4.86. The van der Waals surface area contributed by atoms with E-state index in [0.717, 1.165) is 37.6 Å². The zero-order valence-electron chi connectivity index (χ0n) is 15.5. The first-order valence-electron chi connectivity index (χ1n) is 8.86. The lowest BCUT2D eigenvalue weighted by molar-refractivity contribution is -0.697. The van der Waals surface area contributed by atoms with Crippen LogP contribution in [0.15, 0.2) is 59.8 Å². The number of aromatic nitrogens is 1. The zero-order valence-corrected chi connectivity index (χ0v) is 17.9. The van der Waals surface area contributed by atoms with E-state index >= 15 is 0 Å². The van der Waals surface area contributed by atoms with Crippen LogP contribution in [0.25, 0.3) is 0 Å². The van der Waals surface area contributed by atoms with Gasteiger partial charge in [-0.25, -0.2) is 4.57 Å². The summed E-state index contributed by atoms with van der Waals surface area (Å²) in [6, 6.07) is 12.8. The van der Waals surface area contributed by atoms with E-state index in [4.69, 9.17) is 5.73 Å². The number of hydrogen-bond donors (Lipinski definition) is 2. The fourth-order valence-corrected chi connectivity index (χ4v) is 3.41. The van der Waals surface area contributed by atoms with Gasteiger partial charge in [-0.15, -0.1) is 0 Å². The van der Waals surface area contributed by atoms with Gasteiger partial charge in [-0.2, -0.15) is 0 Å². The number of primary amides is 1. The molecule has 150 valence electrons. The monoisotopic (exact) mass is 465 g/mol. The molecule has 1 aromatic heterocycles. The summed E-state index contributed by atoms with van der Waals surface area (Å²) in [6.07, 6.45) is 7.31. The number of hydrogen-bond acceptors (Lipinski definition) is 4. The van der Waals surface area contributed by atoms with Crippen LogP contribution in [-0.4, -0.2) is 23.5 Å². The van der Waals surface area contributed by atoms with Crippen LogP contribution in [0.4, 0.5) is 0 Å². The van der Waals surface area contributed by atoms with Crippen LogP contribution in [-0.2, 0) is 16.1 Å². The number of rotatable bonds is 10. The maximum Gasteiger partial charge on any atom is 0.252 e. The van der Waals surface area contributed by atoms with Crippen LogP contribution in [0.3, 0.4) is 0 Å². The van der Waals surface area contributed by atoms with Crippen molar-refractivity contribution in [2.24, 2.45) is 5.73 Å². The Kier molecular flexibility index (Phi) is 11.1. The van der Waals surface area contributed by atoms with Gasteiger partial charge in [0.1, 0.15) is 6.54 Å². The van der Waals surface area contributed by atoms with E-state index in [1.807, 2.05) is 30.6 Å². The van der Waals surface area contributed by atoms with Crippen molar-refractivity contribution >= 4 is 28.7 Å². The van der Waals surface area contributed by atoms with Crippen LogP contribution < -0.4 is 32.6 Å². The van der Waals surface area contributed by atoms with Gasteiger partial charge in [0.2, 0.25) is 5.91 Å². The molecule has 8 heteroatoms. The number of carbonyl (C=O) groups is 3. The molecule has 0 aliphatic heterocycles. The fourth-order valence-electron chi connectivity index (χ4n) is 2.50. The molecule has 0 radical (unpaired) electrons. The largest absolute Gasteiger partial charge is 1.00 e. The highest BCUT2D eigenvalue weighted by atomic mass is 79.9. The predicted molar refractivity (Wildman–Crippen MR) is 104 cm³/mol. The summed E-state index contributed by atoms with van der Waals surface area (Å²) < 4.78 is 2.12. The standard InChI is InChI=1S/C20H23N3O3S.BrH/c21-18(24)15-22-20(26)16-9-4-5-10-17(16)27-19(25)11-3-1-6-12-23-13-7-2-8-14-23;/h2,4-5,7-10,13-14H,1,3,6,11-12,15H2,(H2-,21,22,24,26);1H. The lowest BCUT2D eigenvalue weighted by atomic mass is 10.2. The smallest absolute Gasteiger partial charge is 0.252 e. The number of unbranched alkanes of at least 4 members (excludes halogenated alkanes) is 2. The summed E-state index contributed by atoms with van der Waals surface area (Å²) in [5, 5.41) is 2.47. The molecule has 1 aromatic carbocycles. The molecule has 2 rings (SSSR count). The summed E-state index contributed by atoms with van der Waals surface area (Å²) in [6.45, 7) is 0.705. The van der Waals surface area contributed by atoms with Crippen molar-refractivity contribution in [1.82, 2.24) is 5.32 Å². The summed E-state index contributed by atoms with van der Waals surface area (Å²) in [4.78, 5) is 35.8. The molecule has 0 fully saturated rings. The predicted octanol–water partition coefficient (Wildman–Crippen LogP) is -0.927. The third-order valence-electron chi connectivity index (χ3n) is 3.85. The van der Waals surface area contributed by atoms with Crippen LogP contribution >= 0.6 is 11.8 Å². The van der Waals surface area contributed by atoms with E-state index in [1.54, 1.807) is 24.3 Å². The molecular formula is C20H24BrN3O3S. The van der Waals surface area contributed by atoms with E-state index in [2.05, 4.69) is 9.88 Å². The highest BCUT2D eigenvalue weighted by Crippen LogP contribution is 2.25. The normalized spacial score (nSPS) is 10.0. The van der Waals surface area contributed by atoms with Crippen molar-refractivity contribution in [3.8, 4) is 0 Å². The van der Waals surface area contributed by atoms with Crippen molar-refractivity contribution in [3.05, 3.63) is 60.4 Å². The molecule has 28 heavy (non-hydrogen) atoms. The maximum absolute atomic E-state index is 12.2. The van der Waals surface area contributed by atoms with Gasteiger partial charge in [0.25, 0.3) is 5.91 Å². The lowest BCUT2D eigenvalue weighted by Gasteiger charge is -2.08. The SMILES string of the molecule is NC(=O)CNC(=O)c1ccccc1SC(=O)CCCCC[n+]1ccccc1.[Br-]. The highest BCUT2D eigenvalue weighted by Gasteiger charge is 2.14. The van der Waals surface area contributed by atoms with E-state index in [1.165, 1.54) is 0 Å². The van der Waals surface area contributed by atoms with Gasteiger partial charge < -0.3 is 28.0 Å². The fraction of sp³-hybridized carbons (Fsp3) is 0.300. The van der Waals surface area contributed by atoms with Crippen LogP contribution in [0.1, 0.15) is 36.0 Å². The van der Waals surface area contributed by atoms with Gasteiger partial charge in [0, 0.05) is 29.9 Å². The highest BCUT2D eigenvalue weighted by molar-refractivity contribution is 8.13. The van der Waals surface area contributed by atoms with Crippen molar-refractivity contribution in [1.29, 1.82) is 0 Å². The molecule has 0 bridgehead atoms. The second-order valence-corrected chi connectivity index (χ2v) is 7.14. The molecule has 0 aliphatic rings. The average Bonchev–Trinajstić information content (AvgIpc) is 2.67. The third kappa shape index (κ3) is 8.67. The minimum atomic E-state index is -0.613. The Morgan fingerprint density at radius 2 is 1.68 bits per heavy atom. The molecule has 0 aliphatic carbocycles. The number of carbonyl (C=O) groups excluding carboxylic acids is 3. The summed E-state index contributed by atoms with van der Waals surface area (Å²) in [5.74, 6) is -1.03. The van der Waals surface area contributed by atoms with Crippen molar-refractivity contribution in [2.45, 2.75) is 37.1 Å². The average molecular weight is 466 g/mol. The number of thioether (sulfide) groups is 1. The number of pyridine rings is 1. The Bertz CT molecular complexity index is 787. The molecule has 2 aromatic rings. The Hall–Kier alpha value is -2.19. The summed E-state index contributed by atoms with van der Waals surface area (Å²) >= 11 is 1.07. The molecule has 0 spiro atoms. The van der Waals surface area contributed by atoms with Crippen LogP contribution in [0, 0.1) is 0 Å². The van der Waals surface area contributed by atoms with Gasteiger partial charge in [0.15, 0.2) is 17.5 Å². The first-order chi connectivity index (χ1) is 13.1. The molecule has 3 N–H and O–H groups in total. The Morgan fingerprint density at radius 3 is 2.39 bits per heavy atom. The molecule has 0 unspecified atom stereocenters. The Labute approximate surface area is 179 Å². The maximum atomic E-state index is 12.2. The first-order valence-corrected chi connectivity index (χ1v) is 9.68. The Morgan fingerprint density at radius 1 is 0.964 bits per heavy atom. The van der Waals surface area contributed by atoms with E-state index in [9.17, 15) is 14.4 Å². The van der Waals surface area contributed by atoms with E-state index < -0.39 is 11.8 Å². The number of nitrogens with two attached hydrogens (primary N) is 1. The topological polar surface area (TPSA) is 93.1 Å². The number of aryl methyl sites for hydroxylation is 1. The minimum absolute atomic E-state index is 0. The molecule has 0 saturated heterocycles. The molecule has 2 amide bonds. The van der Waals surface area contributed by atoms with Gasteiger partial charge in [-0.3, -0.25) is 14.4 Å². The molecule has 0 saturated carbocycles. The number of benzene rings is 1. The van der Waals surface area contributed by atoms with Crippen molar-refractivity contribution in [2.75, 3.05) is 6.54 Å². The van der Waals surface area contributed by atoms with Crippen molar-refractivity contribution < 1.29 is 35.9 Å². The molecule has 1 heterocycles. The molecule has 0 atom stereocenters. The lowest BCUT2D eigenvalue weighted by Crippen LogP contribution is -3.00. The van der Waals surface area contributed by atoms with Gasteiger partial charge in [-0.05, 0) is 25.0 Å². The quantitative estimate of drug-likeness (QED) is 0.269. The van der Waals surface area contributed by atoms with Gasteiger partial charge in [-0.1, -0.05) is 30.0 Å². The number of amides is 2. The molecule has 6 nitrogen and oxygen atoms in total. The van der Waals surface area contributed by atoms with Crippen LogP contribution in [0.5, 0.6) is 0 Å². The number of nitrogens with one attached hydrogen (secondary N) is 1. The van der Waals surface area contributed by atoms with Crippen molar-refractivity contribution in [3.63, 3.8) is 0 Å². The van der Waals surface area contributed by atoms with Gasteiger partial charge >= 0.3 is 0 Å².